The third-order valence-corrected chi connectivity index (χ3v) is 9.62. The van der Waals surface area contributed by atoms with Gasteiger partial charge in [-0.15, -0.1) is 11.8 Å². The molecule has 1 spiro atoms. The van der Waals surface area contributed by atoms with Crippen molar-refractivity contribution in [3.05, 3.63) is 42.5 Å². The number of aliphatic hydroxyl groups excluding tert-OH is 1. The average Bonchev–Trinajstić information content (AvgIpc) is 3.48. The summed E-state index contributed by atoms with van der Waals surface area (Å²) in [7, 11) is 1.61. The molecule has 2 aromatic carbocycles. The number of hydrogen-bond acceptors (Lipinski definition) is 5. The number of carbonyl (C=O) groups excluding carboxylic acids is 3. The quantitative estimate of drug-likeness (QED) is 0.504. The molecule has 3 N–H and O–H groups in total. The van der Waals surface area contributed by atoms with Gasteiger partial charge in [-0.3, -0.25) is 14.4 Å². The van der Waals surface area contributed by atoms with Crippen LogP contribution >= 0.6 is 11.8 Å². The van der Waals surface area contributed by atoms with Gasteiger partial charge in [0.1, 0.15) is 6.04 Å². The molecule has 3 heterocycles. The van der Waals surface area contributed by atoms with Crippen molar-refractivity contribution in [2.75, 3.05) is 25.5 Å². The summed E-state index contributed by atoms with van der Waals surface area (Å²) >= 11 is 1.68. The average molecular weight is 482 g/mol. The van der Waals surface area contributed by atoms with Gasteiger partial charge in [0, 0.05) is 31.1 Å². The van der Waals surface area contributed by atoms with Crippen molar-refractivity contribution in [1.82, 2.24) is 10.2 Å². The number of nitrogens with one attached hydrogen (secondary N) is 2. The highest BCUT2D eigenvalue weighted by molar-refractivity contribution is 8.02. The fourth-order valence-corrected chi connectivity index (χ4v) is 8.43. The van der Waals surface area contributed by atoms with E-state index in [4.69, 9.17) is 5.11 Å². The Morgan fingerprint density at radius 2 is 1.91 bits per heavy atom. The summed E-state index contributed by atoms with van der Waals surface area (Å²) in [6, 6.07) is 13.2. The summed E-state index contributed by atoms with van der Waals surface area (Å²) in [5.41, 5.74) is 0.705. The Hall–Kier alpha value is -2.58. The predicted octanol–water partition coefficient (Wildman–Crippen LogP) is 2.78. The Morgan fingerprint density at radius 3 is 2.68 bits per heavy atom. The minimum absolute atomic E-state index is 0.0707. The number of likely N-dealkylation sites (tertiary alicyclic amines) is 1. The van der Waals surface area contributed by atoms with Crippen molar-refractivity contribution in [2.24, 2.45) is 11.8 Å². The highest BCUT2D eigenvalue weighted by Gasteiger charge is 2.73. The molecule has 0 saturated carbocycles. The summed E-state index contributed by atoms with van der Waals surface area (Å²) in [5.74, 6) is -1.23. The number of carbonyl (C=O) groups is 3. The lowest BCUT2D eigenvalue weighted by atomic mass is 9.71. The molecule has 180 valence electrons. The largest absolute Gasteiger partial charge is 0.396 e. The van der Waals surface area contributed by atoms with Gasteiger partial charge < -0.3 is 20.6 Å². The summed E-state index contributed by atoms with van der Waals surface area (Å²) in [4.78, 5) is 42.0. The Morgan fingerprint density at radius 1 is 1.12 bits per heavy atom. The molecule has 2 aromatic rings. The number of hydrogen-bond donors (Lipinski definition) is 3. The maximum atomic E-state index is 13.8. The van der Waals surface area contributed by atoms with Crippen molar-refractivity contribution in [1.29, 1.82) is 0 Å². The van der Waals surface area contributed by atoms with E-state index in [0.29, 0.717) is 25.1 Å². The van der Waals surface area contributed by atoms with E-state index in [0.717, 1.165) is 30.0 Å². The van der Waals surface area contributed by atoms with Crippen LogP contribution in [0.15, 0.2) is 42.5 Å². The number of anilines is 1. The molecule has 0 radical (unpaired) electrons. The minimum atomic E-state index is -0.616. The molecule has 8 heteroatoms. The van der Waals surface area contributed by atoms with Crippen LogP contribution in [0, 0.1) is 11.8 Å². The number of amides is 3. The van der Waals surface area contributed by atoms with Crippen LogP contribution in [-0.2, 0) is 14.4 Å². The highest BCUT2D eigenvalue weighted by Crippen LogP contribution is 2.66. The van der Waals surface area contributed by atoms with Gasteiger partial charge in [-0.05, 0) is 55.0 Å². The number of rotatable bonds is 8. The van der Waals surface area contributed by atoms with Gasteiger partial charge in [0.25, 0.3) is 0 Å². The van der Waals surface area contributed by atoms with Gasteiger partial charge in [-0.25, -0.2) is 0 Å². The van der Waals surface area contributed by atoms with Gasteiger partial charge in [0.05, 0.1) is 16.6 Å². The van der Waals surface area contributed by atoms with E-state index >= 15 is 0 Å². The first-order chi connectivity index (χ1) is 16.5. The van der Waals surface area contributed by atoms with Crippen LogP contribution in [0.3, 0.4) is 0 Å². The van der Waals surface area contributed by atoms with Crippen LogP contribution in [0.4, 0.5) is 5.69 Å². The van der Waals surface area contributed by atoms with E-state index in [2.05, 4.69) is 10.6 Å². The topological polar surface area (TPSA) is 98.7 Å². The summed E-state index contributed by atoms with van der Waals surface area (Å²) in [5, 5.41) is 17.2. The summed E-state index contributed by atoms with van der Waals surface area (Å²) < 4.78 is -0.573. The molecule has 2 unspecified atom stereocenters. The molecule has 5 atom stereocenters. The van der Waals surface area contributed by atoms with E-state index in [9.17, 15) is 14.4 Å². The first kappa shape index (κ1) is 23.2. The van der Waals surface area contributed by atoms with Crippen LogP contribution in [0.2, 0.25) is 0 Å². The number of nitrogens with zero attached hydrogens (tertiary/aromatic N) is 1. The van der Waals surface area contributed by atoms with Crippen molar-refractivity contribution >= 4 is 45.9 Å². The predicted molar refractivity (Wildman–Crippen MR) is 133 cm³/mol. The second-order valence-electron chi connectivity index (χ2n) is 9.54. The number of aliphatic hydroxyl groups is 1. The van der Waals surface area contributed by atoms with Crippen LogP contribution in [0.5, 0.6) is 0 Å². The van der Waals surface area contributed by atoms with Crippen LogP contribution < -0.4 is 10.6 Å². The molecule has 34 heavy (non-hydrogen) atoms. The lowest BCUT2D eigenvalue weighted by Crippen LogP contribution is -2.51. The van der Waals surface area contributed by atoms with E-state index in [1.54, 1.807) is 23.7 Å². The normalized spacial score (nSPS) is 29.5. The van der Waals surface area contributed by atoms with Crippen molar-refractivity contribution < 1.29 is 19.5 Å². The van der Waals surface area contributed by atoms with Crippen molar-refractivity contribution in [3.63, 3.8) is 0 Å². The molecule has 3 aliphatic rings. The Bertz CT molecular complexity index is 1120. The van der Waals surface area contributed by atoms with Gasteiger partial charge in [-0.1, -0.05) is 30.3 Å². The Balaban J connectivity index is 1.45. The second kappa shape index (κ2) is 9.23. The van der Waals surface area contributed by atoms with Crippen LogP contribution in [0.1, 0.15) is 32.1 Å². The van der Waals surface area contributed by atoms with Gasteiger partial charge in [0.2, 0.25) is 17.7 Å². The highest BCUT2D eigenvalue weighted by atomic mass is 32.2. The van der Waals surface area contributed by atoms with E-state index in [1.165, 1.54) is 0 Å². The van der Waals surface area contributed by atoms with Gasteiger partial charge in [0.15, 0.2) is 0 Å². The molecule has 2 bridgehead atoms. The minimum Gasteiger partial charge on any atom is -0.396 e. The zero-order chi connectivity index (χ0) is 23.9. The molecule has 5 rings (SSSR count). The van der Waals surface area contributed by atoms with E-state index < -0.39 is 22.6 Å². The fraction of sp³-hybridized carbons (Fsp3) is 0.500. The molecule has 3 saturated heterocycles. The van der Waals surface area contributed by atoms with Crippen LogP contribution in [0.25, 0.3) is 10.8 Å². The zero-order valence-corrected chi connectivity index (χ0v) is 20.1. The summed E-state index contributed by atoms with van der Waals surface area (Å²) in [6.07, 6.45) is 3.77. The second-order valence-corrected chi connectivity index (χ2v) is 11.1. The zero-order valence-electron chi connectivity index (χ0n) is 19.3. The number of benzene rings is 2. The molecular formula is C26H31N3O4S. The summed E-state index contributed by atoms with van der Waals surface area (Å²) in [6.45, 7) is 0.571. The Labute approximate surface area is 203 Å². The van der Waals surface area contributed by atoms with Crippen molar-refractivity contribution in [3.8, 4) is 0 Å². The first-order valence-electron chi connectivity index (χ1n) is 12.1. The fourth-order valence-electron chi connectivity index (χ4n) is 6.21. The smallest absolute Gasteiger partial charge is 0.248 e. The maximum Gasteiger partial charge on any atom is 0.248 e. The first-order valence-corrected chi connectivity index (χ1v) is 13.0. The molecule has 3 fully saturated rings. The van der Waals surface area contributed by atoms with Crippen LogP contribution in [-0.4, -0.2) is 64.0 Å². The lowest BCUT2D eigenvalue weighted by molar-refractivity contribution is -0.139. The number of thioether (sulfide) groups is 1. The lowest BCUT2D eigenvalue weighted by Gasteiger charge is -2.34. The van der Waals surface area contributed by atoms with Crippen molar-refractivity contribution in [2.45, 2.75) is 48.1 Å². The van der Waals surface area contributed by atoms with Gasteiger partial charge in [-0.2, -0.15) is 0 Å². The number of fused-ring (bicyclic) bond motifs is 2. The molecule has 0 aliphatic carbocycles. The van der Waals surface area contributed by atoms with E-state index in [1.807, 2.05) is 42.5 Å². The number of unbranched alkanes of at least 4 members (excludes halogenated alkanes) is 2. The monoisotopic (exact) mass is 481 g/mol. The third-order valence-electron chi connectivity index (χ3n) is 7.67. The standard InChI is InChI=1S/C26H31N3O4S/c1-27-23(31)20-19-11-12-26(34-19)21(20)25(33)29(13-5-2-6-14-30)22(26)24(32)28-18-10-9-16-7-3-4-8-17(16)15-18/h3-4,7-10,15,19-22,30H,2,5-6,11-14H2,1H3,(H,27,31)(H,28,32)/t19-,20+,21+,22?,26?/m1/s1. The maximum absolute atomic E-state index is 13.8. The van der Waals surface area contributed by atoms with Gasteiger partial charge >= 0.3 is 0 Å². The van der Waals surface area contributed by atoms with E-state index in [-0.39, 0.29) is 29.6 Å². The SMILES string of the molecule is CNC(=O)[C@@H]1[C@H]2C(=O)N(CCCCCO)C(C(=O)Nc3ccc4ccccc4c3)C23CC[C@H]1S3. The molecule has 0 aromatic heterocycles. The molecule has 3 aliphatic heterocycles. The molecular weight excluding hydrogens is 450 g/mol. The molecule has 3 amide bonds. The third kappa shape index (κ3) is 3.67. The molecule has 7 nitrogen and oxygen atoms in total. The Kier molecular flexibility index (Phi) is 6.29.